The molecule has 1 aliphatic carbocycles. The zero-order chi connectivity index (χ0) is 21.0. The lowest BCUT2D eigenvalue weighted by molar-refractivity contribution is -0.138. The largest absolute Gasteiger partial charge is 0.462 e. The fourth-order valence-corrected chi connectivity index (χ4v) is 3.81. The Morgan fingerprint density at radius 1 is 1.28 bits per heavy atom. The number of H-pyrrole nitrogens is 1. The first kappa shape index (κ1) is 21.3. The van der Waals surface area contributed by atoms with E-state index in [-0.39, 0.29) is 18.2 Å². The molecule has 0 saturated heterocycles. The molecule has 0 bridgehead atoms. The van der Waals surface area contributed by atoms with Gasteiger partial charge in [0, 0.05) is 6.04 Å². The maximum atomic E-state index is 12.8. The molecule has 29 heavy (non-hydrogen) atoms. The topological polar surface area (TPSA) is 59.9 Å². The van der Waals surface area contributed by atoms with Crippen LogP contribution in [0.5, 0.6) is 0 Å². The van der Waals surface area contributed by atoms with Gasteiger partial charge in [-0.05, 0) is 55.8 Å². The molecule has 5 nitrogen and oxygen atoms in total. The highest BCUT2D eigenvalue weighted by molar-refractivity contribution is 7.71. The van der Waals surface area contributed by atoms with Gasteiger partial charge in [-0.1, -0.05) is 31.4 Å². The van der Waals surface area contributed by atoms with E-state index in [1.807, 2.05) is 4.57 Å². The summed E-state index contributed by atoms with van der Waals surface area (Å²) in [7, 11) is 0. The fraction of sp³-hybridized carbons (Fsp3) is 0.450. The predicted octanol–water partition coefficient (Wildman–Crippen LogP) is 5.57. The number of carbonyl (C=O) groups is 1. The number of nitrogens with zero attached hydrogens (tertiary/aromatic N) is 2. The van der Waals surface area contributed by atoms with Crippen LogP contribution in [0.3, 0.4) is 0 Å². The van der Waals surface area contributed by atoms with Gasteiger partial charge in [-0.25, -0.2) is 4.79 Å². The standard InChI is InChI=1S/C20H22F3N3O2S/c1-2-28-18(27)16(12-13-8-10-14(11-9-13)20(21,22)23)17-24-25-19(29)26(17)15-6-4-3-5-7-15/h8-12,15H,2-7H2,1H3,(H,25,29)/b16-12-. The molecule has 1 saturated carbocycles. The summed E-state index contributed by atoms with van der Waals surface area (Å²) in [4.78, 5) is 12.6. The number of aromatic nitrogens is 3. The summed E-state index contributed by atoms with van der Waals surface area (Å²) >= 11 is 5.39. The second-order valence-corrected chi connectivity index (χ2v) is 7.30. The van der Waals surface area contributed by atoms with E-state index in [9.17, 15) is 18.0 Å². The average molecular weight is 425 g/mol. The van der Waals surface area contributed by atoms with E-state index in [1.54, 1.807) is 6.92 Å². The number of esters is 1. The molecule has 0 spiro atoms. The van der Waals surface area contributed by atoms with Crippen LogP contribution in [-0.4, -0.2) is 27.3 Å². The van der Waals surface area contributed by atoms with Gasteiger partial charge >= 0.3 is 12.1 Å². The van der Waals surface area contributed by atoms with E-state index in [4.69, 9.17) is 17.0 Å². The third-order valence-electron chi connectivity index (χ3n) is 4.93. The number of benzene rings is 1. The van der Waals surface area contributed by atoms with Crippen LogP contribution in [0.4, 0.5) is 13.2 Å². The summed E-state index contributed by atoms with van der Waals surface area (Å²) in [5.41, 5.74) is -0.160. The lowest BCUT2D eigenvalue weighted by atomic mass is 9.95. The third-order valence-corrected chi connectivity index (χ3v) is 5.22. The number of rotatable bonds is 5. The van der Waals surface area contributed by atoms with Crippen molar-refractivity contribution in [2.24, 2.45) is 0 Å². The number of carbonyl (C=O) groups excluding carboxylic acids is 1. The van der Waals surface area contributed by atoms with Crippen molar-refractivity contribution in [2.75, 3.05) is 6.61 Å². The molecule has 2 aromatic rings. The second kappa shape index (κ2) is 8.94. The molecule has 1 heterocycles. The lowest BCUT2D eigenvalue weighted by Crippen LogP contribution is -2.18. The average Bonchev–Trinajstić information content (AvgIpc) is 3.07. The first-order chi connectivity index (χ1) is 13.8. The van der Waals surface area contributed by atoms with Crippen LogP contribution in [0.15, 0.2) is 24.3 Å². The van der Waals surface area contributed by atoms with Gasteiger partial charge in [0.15, 0.2) is 10.6 Å². The Morgan fingerprint density at radius 2 is 1.93 bits per heavy atom. The maximum Gasteiger partial charge on any atom is 0.416 e. The van der Waals surface area contributed by atoms with Crippen molar-refractivity contribution in [2.45, 2.75) is 51.2 Å². The zero-order valence-electron chi connectivity index (χ0n) is 16.0. The molecule has 1 aromatic carbocycles. The van der Waals surface area contributed by atoms with Crippen LogP contribution in [-0.2, 0) is 15.7 Å². The first-order valence-corrected chi connectivity index (χ1v) is 9.95. The monoisotopic (exact) mass is 425 g/mol. The summed E-state index contributed by atoms with van der Waals surface area (Å²) in [5.74, 6) is -0.251. The van der Waals surface area contributed by atoms with E-state index in [2.05, 4.69) is 10.2 Å². The van der Waals surface area contributed by atoms with Gasteiger partial charge in [-0.3, -0.25) is 9.67 Å². The molecule has 3 rings (SSSR count). The molecule has 156 valence electrons. The van der Waals surface area contributed by atoms with E-state index >= 15 is 0 Å². The Labute approximate surface area is 171 Å². The first-order valence-electron chi connectivity index (χ1n) is 9.54. The molecule has 0 unspecified atom stereocenters. The van der Waals surface area contributed by atoms with Crippen molar-refractivity contribution in [3.63, 3.8) is 0 Å². The molecule has 1 aromatic heterocycles. The Balaban J connectivity index is 2.04. The minimum absolute atomic E-state index is 0.121. The number of ether oxygens (including phenoxy) is 1. The van der Waals surface area contributed by atoms with Crippen LogP contribution in [0.2, 0.25) is 0 Å². The van der Waals surface area contributed by atoms with Crippen LogP contribution in [0.25, 0.3) is 11.6 Å². The minimum Gasteiger partial charge on any atom is -0.462 e. The van der Waals surface area contributed by atoms with E-state index < -0.39 is 17.7 Å². The molecular weight excluding hydrogens is 403 g/mol. The number of alkyl halides is 3. The number of halogens is 3. The Kier molecular flexibility index (Phi) is 6.56. The van der Waals surface area contributed by atoms with Gasteiger partial charge in [0.25, 0.3) is 0 Å². The van der Waals surface area contributed by atoms with E-state index in [0.717, 1.165) is 44.2 Å². The normalized spacial score (nSPS) is 16.1. The van der Waals surface area contributed by atoms with Crippen molar-refractivity contribution in [3.05, 3.63) is 46.0 Å². The minimum atomic E-state index is -4.42. The Morgan fingerprint density at radius 3 is 2.52 bits per heavy atom. The number of nitrogens with one attached hydrogen (secondary N) is 1. The van der Waals surface area contributed by atoms with Gasteiger partial charge in [-0.15, -0.1) is 0 Å². The van der Waals surface area contributed by atoms with Crippen LogP contribution >= 0.6 is 12.2 Å². The predicted molar refractivity (Wildman–Crippen MR) is 105 cm³/mol. The SMILES string of the molecule is CCOC(=O)/C(=C\c1ccc(C(F)(F)F)cc1)c1n[nH]c(=S)n1C1CCCCC1. The quantitative estimate of drug-likeness (QED) is 0.387. The maximum absolute atomic E-state index is 12.8. The summed E-state index contributed by atoms with van der Waals surface area (Å²) in [5, 5.41) is 6.99. The van der Waals surface area contributed by atoms with Gasteiger partial charge in [0.1, 0.15) is 5.57 Å². The van der Waals surface area contributed by atoms with E-state index in [0.29, 0.717) is 16.2 Å². The van der Waals surface area contributed by atoms with Gasteiger partial charge in [0.2, 0.25) is 0 Å². The molecule has 0 radical (unpaired) electrons. The number of aromatic amines is 1. The van der Waals surface area contributed by atoms with Gasteiger partial charge in [0.05, 0.1) is 12.2 Å². The van der Waals surface area contributed by atoms with Crippen molar-refractivity contribution in [1.29, 1.82) is 0 Å². The van der Waals surface area contributed by atoms with Crippen molar-refractivity contribution < 1.29 is 22.7 Å². The Hall–Kier alpha value is -2.42. The zero-order valence-corrected chi connectivity index (χ0v) is 16.8. The molecule has 0 amide bonds. The molecule has 1 fully saturated rings. The van der Waals surface area contributed by atoms with Crippen molar-refractivity contribution in [1.82, 2.24) is 14.8 Å². The smallest absolute Gasteiger partial charge is 0.416 e. The molecule has 1 aliphatic rings. The molecule has 0 aliphatic heterocycles. The fourth-order valence-electron chi connectivity index (χ4n) is 3.53. The summed E-state index contributed by atoms with van der Waals surface area (Å²) in [6, 6.07) is 4.71. The highest BCUT2D eigenvalue weighted by Crippen LogP contribution is 2.32. The molecule has 0 atom stereocenters. The highest BCUT2D eigenvalue weighted by Gasteiger charge is 2.30. The molecule has 1 N–H and O–H groups in total. The van der Waals surface area contributed by atoms with Crippen molar-refractivity contribution >= 4 is 29.8 Å². The van der Waals surface area contributed by atoms with Crippen LogP contribution < -0.4 is 0 Å². The van der Waals surface area contributed by atoms with Gasteiger partial charge in [-0.2, -0.15) is 18.3 Å². The summed E-state index contributed by atoms with van der Waals surface area (Å²) in [6.45, 7) is 1.85. The van der Waals surface area contributed by atoms with Crippen LogP contribution in [0, 0.1) is 4.77 Å². The lowest BCUT2D eigenvalue weighted by Gasteiger charge is -2.24. The summed E-state index contributed by atoms with van der Waals surface area (Å²) < 4.78 is 45.9. The highest BCUT2D eigenvalue weighted by atomic mass is 32.1. The van der Waals surface area contributed by atoms with Crippen molar-refractivity contribution in [3.8, 4) is 0 Å². The van der Waals surface area contributed by atoms with Crippen LogP contribution in [0.1, 0.15) is 62.0 Å². The van der Waals surface area contributed by atoms with E-state index in [1.165, 1.54) is 18.2 Å². The third kappa shape index (κ3) is 4.95. The van der Waals surface area contributed by atoms with Gasteiger partial charge < -0.3 is 4.74 Å². The Bertz CT molecular complexity index is 939. The second-order valence-electron chi connectivity index (χ2n) is 6.91. The summed E-state index contributed by atoms with van der Waals surface area (Å²) in [6.07, 6.45) is 2.21. The molecule has 9 heteroatoms. The number of hydrogen-bond donors (Lipinski definition) is 1. The molecular formula is C20H22F3N3O2S. The number of hydrogen-bond acceptors (Lipinski definition) is 4.